The lowest BCUT2D eigenvalue weighted by Crippen LogP contribution is -2.44. The molecule has 20 heavy (non-hydrogen) atoms. The van der Waals surface area contributed by atoms with Crippen LogP contribution in [0.25, 0.3) is 0 Å². The molecule has 1 saturated carbocycles. The van der Waals surface area contributed by atoms with Crippen LogP contribution in [0.1, 0.15) is 44.6 Å². The fraction of sp³-hybridized carbons (Fsp3) is 0.733. The number of likely N-dealkylation sites (N-methyl/N-ethyl adjacent to an activating group) is 1. The normalized spacial score (nSPS) is 22.6. The van der Waals surface area contributed by atoms with E-state index in [0.717, 1.165) is 49.4 Å². The summed E-state index contributed by atoms with van der Waals surface area (Å²) in [6.07, 6.45) is 6.63. The number of hydrogen-bond acceptors (Lipinski definition) is 5. The van der Waals surface area contributed by atoms with Crippen molar-refractivity contribution < 1.29 is 5.11 Å². The molecule has 0 saturated heterocycles. The summed E-state index contributed by atoms with van der Waals surface area (Å²) in [5, 5.41) is 13.5. The van der Waals surface area contributed by atoms with Crippen LogP contribution in [0.4, 0.5) is 11.6 Å². The Bertz CT molecular complexity index is 438. The van der Waals surface area contributed by atoms with E-state index < -0.39 is 0 Å². The molecule has 1 aliphatic carbocycles. The number of aromatic nitrogens is 2. The van der Waals surface area contributed by atoms with E-state index in [2.05, 4.69) is 27.1 Å². The first kappa shape index (κ1) is 15.0. The van der Waals surface area contributed by atoms with Gasteiger partial charge in [-0.3, -0.25) is 0 Å². The van der Waals surface area contributed by atoms with Crippen LogP contribution < -0.4 is 10.2 Å². The average molecular weight is 278 g/mol. The van der Waals surface area contributed by atoms with E-state index in [-0.39, 0.29) is 12.1 Å². The third kappa shape index (κ3) is 3.20. The number of aliphatic hydroxyl groups excluding tert-OH is 1. The minimum Gasteiger partial charge on any atom is -0.391 e. The van der Waals surface area contributed by atoms with Crippen LogP contribution in [0.5, 0.6) is 0 Å². The Hall–Kier alpha value is -1.36. The van der Waals surface area contributed by atoms with Crippen molar-refractivity contribution in [3.63, 3.8) is 0 Å². The van der Waals surface area contributed by atoms with Gasteiger partial charge < -0.3 is 15.3 Å². The highest BCUT2D eigenvalue weighted by Crippen LogP contribution is 2.28. The molecule has 112 valence electrons. The fourth-order valence-electron chi connectivity index (χ4n) is 2.92. The second-order valence-electron chi connectivity index (χ2n) is 5.63. The van der Waals surface area contributed by atoms with Crippen molar-refractivity contribution in [3.8, 4) is 0 Å². The van der Waals surface area contributed by atoms with E-state index in [1.165, 1.54) is 6.42 Å². The summed E-state index contributed by atoms with van der Waals surface area (Å²) in [5.41, 5.74) is 1.06. The van der Waals surface area contributed by atoms with E-state index in [1.54, 1.807) is 6.33 Å². The minimum atomic E-state index is -0.254. The van der Waals surface area contributed by atoms with Gasteiger partial charge in [0.2, 0.25) is 0 Å². The topological polar surface area (TPSA) is 61.3 Å². The van der Waals surface area contributed by atoms with E-state index >= 15 is 0 Å². The van der Waals surface area contributed by atoms with E-state index in [9.17, 15) is 5.11 Å². The van der Waals surface area contributed by atoms with Crippen LogP contribution in [0.3, 0.4) is 0 Å². The van der Waals surface area contributed by atoms with Gasteiger partial charge in [0.15, 0.2) is 0 Å². The lowest BCUT2D eigenvalue weighted by Gasteiger charge is -2.36. The van der Waals surface area contributed by atoms with Crippen molar-refractivity contribution in [3.05, 3.63) is 11.9 Å². The van der Waals surface area contributed by atoms with Gasteiger partial charge in [-0.1, -0.05) is 19.8 Å². The van der Waals surface area contributed by atoms with Crippen molar-refractivity contribution in [1.29, 1.82) is 0 Å². The molecule has 2 atom stereocenters. The Morgan fingerprint density at radius 1 is 1.35 bits per heavy atom. The number of anilines is 2. The number of nitrogens with one attached hydrogen (secondary N) is 1. The smallest absolute Gasteiger partial charge is 0.137 e. The molecule has 1 aliphatic rings. The fourth-order valence-corrected chi connectivity index (χ4v) is 2.92. The number of nitrogens with zero attached hydrogens (tertiary/aromatic N) is 3. The highest BCUT2D eigenvalue weighted by Gasteiger charge is 2.28. The molecule has 1 aromatic rings. The maximum atomic E-state index is 10.2. The molecule has 5 heteroatoms. The highest BCUT2D eigenvalue weighted by atomic mass is 16.3. The van der Waals surface area contributed by atoms with Crippen molar-refractivity contribution in [2.75, 3.05) is 23.8 Å². The molecule has 0 bridgehead atoms. The molecule has 0 spiro atoms. The standard InChI is InChI=1S/C15H26N4O/c1-4-9-16-14-11(2)15(18-10-17-14)19(3)12-7-5-6-8-13(12)20/h10,12-13,20H,4-9H2,1-3H3,(H,16,17,18). The molecular weight excluding hydrogens is 252 g/mol. The van der Waals surface area contributed by atoms with Crippen LogP contribution in [0, 0.1) is 6.92 Å². The SMILES string of the molecule is CCCNc1ncnc(N(C)C2CCCCC2O)c1C. The van der Waals surface area contributed by atoms with Gasteiger partial charge in [-0.25, -0.2) is 9.97 Å². The quantitative estimate of drug-likeness (QED) is 0.865. The number of rotatable bonds is 5. The van der Waals surface area contributed by atoms with E-state index in [0.29, 0.717) is 0 Å². The van der Waals surface area contributed by atoms with Crippen molar-refractivity contribution in [1.82, 2.24) is 9.97 Å². The summed E-state index contributed by atoms with van der Waals surface area (Å²) in [6.45, 7) is 5.08. The van der Waals surface area contributed by atoms with Crippen LogP contribution in [-0.4, -0.2) is 40.8 Å². The Labute approximate surface area is 121 Å². The van der Waals surface area contributed by atoms with Crippen molar-refractivity contribution in [2.24, 2.45) is 0 Å². The average Bonchev–Trinajstić information content (AvgIpc) is 2.46. The summed E-state index contributed by atoms with van der Waals surface area (Å²) in [4.78, 5) is 10.9. The van der Waals surface area contributed by atoms with Gasteiger partial charge in [-0.2, -0.15) is 0 Å². The molecule has 0 aromatic carbocycles. The maximum Gasteiger partial charge on any atom is 0.137 e. The molecule has 2 rings (SSSR count). The maximum absolute atomic E-state index is 10.2. The minimum absolute atomic E-state index is 0.163. The van der Waals surface area contributed by atoms with Crippen molar-refractivity contribution >= 4 is 11.6 Å². The van der Waals surface area contributed by atoms with Gasteiger partial charge in [0.25, 0.3) is 0 Å². The highest BCUT2D eigenvalue weighted by molar-refractivity contribution is 5.58. The molecule has 1 aromatic heterocycles. The first-order valence-corrected chi connectivity index (χ1v) is 7.61. The first-order chi connectivity index (χ1) is 9.65. The van der Waals surface area contributed by atoms with Gasteiger partial charge in [-0.05, 0) is 26.2 Å². The lowest BCUT2D eigenvalue weighted by atomic mass is 9.91. The van der Waals surface area contributed by atoms with Crippen LogP contribution in [-0.2, 0) is 0 Å². The van der Waals surface area contributed by atoms with Crippen LogP contribution >= 0.6 is 0 Å². The molecule has 2 N–H and O–H groups in total. The van der Waals surface area contributed by atoms with E-state index in [4.69, 9.17) is 0 Å². The zero-order valence-electron chi connectivity index (χ0n) is 12.8. The molecule has 0 amide bonds. The summed E-state index contributed by atoms with van der Waals surface area (Å²) < 4.78 is 0. The second-order valence-corrected chi connectivity index (χ2v) is 5.63. The summed E-state index contributed by atoms with van der Waals surface area (Å²) in [7, 11) is 2.03. The second kappa shape index (κ2) is 6.88. The van der Waals surface area contributed by atoms with Crippen LogP contribution in [0.15, 0.2) is 6.33 Å². The largest absolute Gasteiger partial charge is 0.391 e. The summed E-state index contributed by atoms with van der Waals surface area (Å²) >= 11 is 0. The molecule has 0 radical (unpaired) electrons. The third-order valence-corrected chi connectivity index (χ3v) is 4.13. The van der Waals surface area contributed by atoms with Gasteiger partial charge in [0, 0.05) is 19.2 Å². The van der Waals surface area contributed by atoms with Crippen LogP contribution in [0.2, 0.25) is 0 Å². The Morgan fingerprint density at radius 3 is 2.80 bits per heavy atom. The molecule has 1 fully saturated rings. The molecule has 2 unspecified atom stereocenters. The summed E-state index contributed by atoms with van der Waals surface area (Å²) in [6, 6.07) is 0.163. The molecule has 1 heterocycles. The Kier molecular flexibility index (Phi) is 5.17. The first-order valence-electron chi connectivity index (χ1n) is 7.61. The molecule has 0 aliphatic heterocycles. The van der Waals surface area contributed by atoms with Crippen molar-refractivity contribution in [2.45, 2.75) is 58.1 Å². The Balaban J connectivity index is 2.18. The Morgan fingerprint density at radius 2 is 2.10 bits per heavy atom. The molecular formula is C15H26N4O. The van der Waals surface area contributed by atoms with Gasteiger partial charge in [0.1, 0.15) is 18.0 Å². The predicted molar refractivity (Wildman–Crippen MR) is 82.2 cm³/mol. The molecule has 5 nitrogen and oxygen atoms in total. The monoisotopic (exact) mass is 278 g/mol. The zero-order valence-corrected chi connectivity index (χ0v) is 12.8. The lowest BCUT2D eigenvalue weighted by molar-refractivity contribution is 0.106. The third-order valence-electron chi connectivity index (χ3n) is 4.13. The number of hydrogen-bond donors (Lipinski definition) is 2. The predicted octanol–water partition coefficient (Wildman–Crippen LogP) is 2.35. The van der Waals surface area contributed by atoms with Gasteiger partial charge in [0.05, 0.1) is 12.1 Å². The van der Waals surface area contributed by atoms with Gasteiger partial charge in [-0.15, -0.1) is 0 Å². The van der Waals surface area contributed by atoms with E-state index in [1.807, 2.05) is 14.0 Å². The van der Waals surface area contributed by atoms with Gasteiger partial charge >= 0.3 is 0 Å². The summed E-state index contributed by atoms with van der Waals surface area (Å²) in [5.74, 6) is 1.82. The zero-order chi connectivity index (χ0) is 14.5. The number of aliphatic hydroxyl groups is 1.